The topological polar surface area (TPSA) is 47.6 Å². The Morgan fingerprint density at radius 3 is 2.61 bits per heavy atom. The van der Waals surface area contributed by atoms with E-state index in [-0.39, 0.29) is 29.3 Å². The molecule has 0 bridgehead atoms. The molecule has 2 heterocycles. The maximum atomic E-state index is 13.0. The fraction of sp³-hybridized carbons (Fsp3) is 0.524. The van der Waals surface area contributed by atoms with E-state index in [1.165, 1.54) is 12.1 Å². The van der Waals surface area contributed by atoms with Crippen LogP contribution >= 0.6 is 12.2 Å². The molecular weight excluding hydrogens is 375 g/mol. The molecule has 2 fully saturated rings. The number of hydrogen-bond donors (Lipinski definition) is 2. The first-order valence-electron chi connectivity index (χ1n) is 9.83. The van der Waals surface area contributed by atoms with Gasteiger partial charge in [-0.2, -0.15) is 0 Å². The van der Waals surface area contributed by atoms with Crippen LogP contribution in [0.3, 0.4) is 0 Å². The van der Waals surface area contributed by atoms with Crippen molar-refractivity contribution in [1.82, 2.24) is 20.4 Å². The lowest BCUT2D eigenvalue weighted by molar-refractivity contribution is -0.133. The number of piperidine rings is 1. The molecular formula is C21H29FN4OS. The van der Waals surface area contributed by atoms with Crippen LogP contribution in [0.5, 0.6) is 0 Å². The summed E-state index contributed by atoms with van der Waals surface area (Å²) in [4.78, 5) is 16.9. The van der Waals surface area contributed by atoms with E-state index in [2.05, 4.69) is 36.0 Å². The summed E-state index contributed by atoms with van der Waals surface area (Å²) in [6.07, 6.45) is 3.42. The first-order valence-corrected chi connectivity index (χ1v) is 10.2. The first kappa shape index (κ1) is 20.7. The molecule has 0 saturated carbocycles. The van der Waals surface area contributed by atoms with Gasteiger partial charge in [-0.05, 0) is 35.8 Å². The monoisotopic (exact) mass is 404 g/mol. The van der Waals surface area contributed by atoms with Gasteiger partial charge in [-0.3, -0.25) is 10.1 Å². The number of nitrogens with one attached hydrogen (secondary N) is 2. The van der Waals surface area contributed by atoms with Gasteiger partial charge in [-0.25, -0.2) is 4.39 Å². The van der Waals surface area contributed by atoms with Crippen LogP contribution in [0.2, 0.25) is 0 Å². The molecule has 1 spiro atoms. The number of amides is 1. The molecule has 0 aromatic heterocycles. The predicted molar refractivity (Wildman–Crippen MR) is 113 cm³/mol. The molecule has 2 N–H and O–H groups in total. The molecule has 1 unspecified atom stereocenters. The van der Waals surface area contributed by atoms with Crippen LogP contribution in [-0.4, -0.2) is 52.2 Å². The van der Waals surface area contributed by atoms with Crippen LogP contribution in [0.4, 0.5) is 4.39 Å². The van der Waals surface area contributed by atoms with Gasteiger partial charge in [0.15, 0.2) is 5.11 Å². The Labute approximate surface area is 172 Å². The van der Waals surface area contributed by atoms with E-state index in [0.717, 1.165) is 31.5 Å². The lowest BCUT2D eigenvalue weighted by Crippen LogP contribution is -2.60. The average molecular weight is 405 g/mol. The second-order valence-corrected chi connectivity index (χ2v) is 8.29. The summed E-state index contributed by atoms with van der Waals surface area (Å²) in [6.45, 7) is 10.6. The molecule has 2 aliphatic heterocycles. The van der Waals surface area contributed by atoms with Crippen molar-refractivity contribution in [2.24, 2.45) is 5.92 Å². The van der Waals surface area contributed by atoms with Crippen LogP contribution in [-0.2, 0) is 11.3 Å². The zero-order valence-corrected chi connectivity index (χ0v) is 17.4. The Bertz CT molecular complexity index is 728. The molecule has 2 aliphatic rings. The van der Waals surface area contributed by atoms with Gasteiger partial charge >= 0.3 is 0 Å². The van der Waals surface area contributed by atoms with Crippen molar-refractivity contribution < 1.29 is 9.18 Å². The molecule has 28 heavy (non-hydrogen) atoms. The van der Waals surface area contributed by atoms with Gasteiger partial charge in [-0.1, -0.05) is 32.1 Å². The molecule has 1 amide bonds. The average Bonchev–Trinajstić information content (AvgIpc) is 2.94. The normalized spacial score (nSPS) is 21.4. The van der Waals surface area contributed by atoms with E-state index in [1.54, 1.807) is 18.2 Å². The SMILES string of the molecule is C=CCN1C(=O)C(C(C)C)NC12CCN(C(=S)NCc1ccc(F)cc1)CC2. The Hall–Kier alpha value is -1.99. The molecule has 7 heteroatoms. The van der Waals surface area contributed by atoms with E-state index in [9.17, 15) is 9.18 Å². The highest BCUT2D eigenvalue weighted by molar-refractivity contribution is 7.80. The molecule has 1 aromatic carbocycles. The minimum Gasteiger partial charge on any atom is -0.358 e. The molecule has 2 saturated heterocycles. The van der Waals surface area contributed by atoms with Crippen molar-refractivity contribution >= 4 is 23.2 Å². The molecule has 1 aromatic rings. The maximum absolute atomic E-state index is 13.0. The van der Waals surface area contributed by atoms with E-state index < -0.39 is 0 Å². The standard InChI is InChI=1S/C21H29FN4OS/c1-4-11-26-19(27)18(15(2)3)24-21(26)9-12-25(13-10-21)20(28)23-14-16-5-7-17(22)8-6-16/h4-8,15,18,24H,1,9-14H2,2-3H3,(H,23,28). The molecule has 0 radical (unpaired) electrons. The second-order valence-electron chi connectivity index (χ2n) is 7.91. The van der Waals surface area contributed by atoms with Gasteiger partial charge in [0.2, 0.25) is 5.91 Å². The zero-order valence-electron chi connectivity index (χ0n) is 16.6. The van der Waals surface area contributed by atoms with Crippen LogP contribution in [0.25, 0.3) is 0 Å². The van der Waals surface area contributed by atoms with E-state index >= 15 is 0 Å². The van der Waals surface area contributed by atoms with E-state index in [0.29, 0.717) is 18.2 Å². The maximum Gasteiger partial charge on any atom is 0.241 e. The minimum absolute atomic E-state index is 0.143. The summed E-state index contributed by atoms with van der Waals surface area (Å²) in [5, 5.41) is 7.57. The Morgan fingerprint density at radius 1 is 1.39 bits per heavy atom. The first-order chi connectivity index (χ1) is 13.4. The fourth-order valence-corrected chi connectivity index (χ4v) is 4.29. The summed E-state index contributed by atoms with van der Waals surface area (Å²) in [7, 11) is 0. The number of carbonyl (C=O) groups is 1. The molecule has 152 valence electrons. The third-order valence-electron chi connectivity index (χ3n) is 5.69. The molecule has 0 aliphatic carbocycles. The quantitative estimate of drug-likeness (QED) is 0.584. The van der Waals surface area contributed by atoms with Gasteiger partial charge < -0.3 is 15.1 Å². The van der Waals surface area contributed by atoms with Crippen molar-refractivity contribution in [2.45, 2.75) is 44.9 Å². The highest BCUT2D eigenvalue weighted by atomic mass is 32.1. The van der Waals surface area contributed by atoms with Crippen molar-refractivity contribution in [1.29, 1.82) is 0 Å². The molecule has 5 nitrogen and oxygen atoms in total. The number of hydrogen-bond acceptors (Lipinski definition) is 3. The lowest BCUT2D eigenvalue weighted by atomic mass is 9.95. The summed E-state index contributed by atoms with van der Waals surface area (Å²) in [6, 6.07) is 6.27. The van der Waals surface area contributed by atoms with Gasteiger partial charge in [0, 0.05) is 39.0 Å². The minimum atomic E-state index is -0.316. The zero-order chi connectivity index (χ0) is 20.3. The number of likely N-dealkylation sites (tertiary alicyclic amines) is 1. The molecule has 1 atom stereocenters. The summed E-state index contributed by atoms with van der Waals surface area (Å²) in [5.41, 5.74) is 0.667. The van der Waals surface area contributed by atoms with E-state index in [1.807, 2.05) is 4.90 Å². The highest BCUT2D eigenvalue weighted by Gasteiger charge is 2.51. The highest BCUT2D eigenvalue weighted by Crippen LogP contribution is 2.34. The summed E-state index contributed by atoms with van der Waals surface area (Å²) in [5.74, 6) is 0.172. The van der Waals surface area contributed by atoms with Crippen molar-refractivity contribution in [3.05, 3.63) is 48.3 Å². The van der Waals surface area contributed by atoms with Crippen LogP contribution < -0.4 is 10.6 Å². The predicted octanol–water partition coefficient (Wildman–Crippen LogP) is 2.63. The van der Waals surface area contributed by atoms with Crippen LogP contribution in [0, 0.1) is 11.7 Å². The number of nitrogens with zero attached hydrogens (tertiary/aromatic N) is 2. The van der Waals surface area contributed by atoms with Gasteiger partial charge in [-0.15, -0.1) is 6.58 Å². The Balaban J connectivity index is 1.59. The largest absolute Gasteiger partial charge is 0.358 e. The van der Waals surface area contributed by atoms with Crippen molar-refractivity contribution in [3.63, 3.8) is 0 Å². The van der Waals surface area contributed by atoms with Crippen molar-refractivity contribution in [3.8, 4) is 0 Å². The smallest absolute Gasteiger partial charge is 0.241 e. The number of benzene rings is 1. The van der Waals surface area contributed by atoms with Gasteiger partial charge in [0.05, 0.1) is 11.7 Å². The van der Waals surface area contributed by atoms with Gasteiger partial charge in [0.25, 0.3) is 0 Å². The van der Waals surface area contributed by atoms with Crippen LogP contribution in [0.1, 0.15) is 32.3 Å². The third kappa shape index (κ3) is 4.20. The fourth-order valence-electron chi connectivity index (χ4n) is 4.04. The number of carbonyl (C=O) groups excluding carboxylic acids is 1. The molecule has 3 rings (SSSR count). The summed E-state index contributed by atoms with van der Waals surface area (Å²) >= 11 is 5.55. The Kier molecular flexibility index (Phi) is 6.35. The van der Waals surface area contributed by atoms with Crippen molar-refractivity contribution in [2.75, 3.05) is 19.6 Å². The van der Waals surface area contributed by atoms with Crippen LogP contribution in [0.15, 0.2) is 36.9 Å². The van der Waals surface area contributed by atoms with E-state index in [4.69, 9.17) is 12.2 Å². The second kappa shape index (κ2) is 8.57. The number of thiocarbonyl (C=S) groups is 1. The Morgan fingerprint density at radius 2 is 2.04 bits per heavy atom. The number of halogens is 1. The lowest BCUT2D eigenvalue weighted by Gasteiger charge is -2.45. The van der Waals surface area contributed by atoms with Gasteiger partial charge in [0.1, 0.15) is 5.82 Å². The third-order valence-corrected chi connectivity index (χ3v) is 6.09. The number of rotatable bonds is 5. The summed E-state index contributed by atoms with van der Waals surface area (Å²) < 4.78 is 13.0.